The molecule has 5 atom stereocenters. The van der Waals surface area contributed by atoms with E-state index in [2.05, 4.69) is 103 Å². The fourth-order valence-corrected chi connectivity index (χ4v) is 9.30. The van der Waals surface area contributed by atoms with Crippen LogP contribution in [0, 0.1) is 47.4 Å². The third kappa shape index (κ3) is 55.8. The molecule has 0 aromatic heterocycles. The second-order valence-electron chi connectivity index (χ2n) is 21.4. The number of halogens is 13. The molecule has 2 amide bonds. The van der Waals surface area contributed by atoms with Crippen molar-refractivity contribution in [2.45, 2.75) is 116 Å². The molecule has 0 aliphatic carbocycles. The molecule has 0 saturated carbocycles. The number of amides is 2. The molecule has 19 nitrogen and oxygen atoms in total. The maximum absolute atomic E-state index is 12.0. The predicted molar refractivity (Wildman–Crippen MR) is 419 cm³/mol. The number of methoxy groups -OCH3 is 3. The molecule has 1 heterocycles. The highest BCUT2D eigenvalue weighted by Gasteiger charge is 2.41. The van der Waals surface area contributed by atoms with Crippen molar-refractivity contribution in [1.82, 2.24) is 10.6 Å². The maximum atomic E-state index is 12.0. The molecule has 5 unspecified atom stereocenters. The van der Waals surface area contributed by atoms with E-state index in [1.165, 1.54) is 26.9 Å². The summed E-state index contributed by atoms with van der Waals surface area (Å²) in [5.74, 6) is 7.57. The molecule has 608 valence electrons. The van der Waals surface area contributed by atoms with E-state index in [0.717, 1.165) is 59.6 Å². The molecule has 1 fully saturated rings. The minimum absolute atomic E-state index is 0. The van der Waals surface area contributed by atoms with E-state index in [9.17, 15) is 84.2 Å². The number of carbonyl (C=O) groups excluding carboxylic acids is 4. The smallest absolute Gasteiger partial charge is 0.459 e. The van der Waals surface area contributed by atoms with Gasteiger partial charge in [0, 0.05) is 82.2 Å². The standard InChI is InChI=1S/C15H16F3NO3.C13H17NO2.C11H11BrF3NO2.C9H12BrNO.C9H8BrNO.C7H5BrO.C4H5F3O2.C4H8O.C4H6O.2CH4/c1-22-9-3-5-11-4-2-6-12(10-11)13(20)7-8-19-14(21)15(16,17)18;1-16-9-3-5-11-4-2-6-12(10-11)13(15)7-8-14;12-8-3-1-2-7(6-8)9(17)4-5-16-10(18)11(13,14)15;2*10-8-3-1-2-7(6-8)9(12)4-5-11;8-7-3-1-2-6(4-7)5-9;1-2-9-3(8)4(5,6)7;1-2-4-5-3-1;1-3-4-5-2;;/h2,4,6,10,13,20H,7-9H2,1H3,(H,19,21);2,4,6,10,13,15H,7-9,14H2,1H3;1-3,6,9,17H,4-5H2,(H,16,18);1-3,6,9,12H,4-5,11H2;1-3,6,9,12H,4H2;1-5H;2H2,1H3;1-4H2;1H,4H2,2H3;2*1H4. The van der Waals surface area contributed by atoms with E-state index in [0.29, 0.717) is 61.4 Å². The zero-order chi connectivity index (χ0) is 81.9. The summed E-state index contributed by atoms with van der Waals surface area (Å²) in [6.45, 7) is 4.62. The van der Waals surface area contributed by atoms with Gasteiger partial charge < -0.3 is 71.3 Å². The van der Waals surface area contributed by atoms with Crippen LogP contribution in [0.3, 0.4) is 0 Å². The second kappa shape index (κ2) is 65.0. The number of alkyl halides is 9. The van der Waals surface area contributed by atoms with Crippen LogP contribution < -0.4 is 22.1 Å². The van der Waals surface area contributed by atoms with Crippen LogP contribution in [0.15, 0.2) is 163 Å². The lowest BCUT2D eigenvalue weighted by molar-refractivity contribution is -0.199. The molecule has 1 aliphatic rings. The average molecular weight is 1820 g/mol. The third-order valence-electron chi connectivity index (χ3n) is 12.8. The van der Waals surface area contributed by atoms with Crippen LogP contribution >= 0.6 is 63.7 Å². The number of nitrogens with two attached hydrogens (primary N) is 2. The molecule has 0 bridgehead atoms. The minimum atomic E-state index is -4.91. The number of carbonyl (C=O) groups is 4. The minimum Gasteiger partial charge on any atom is -0.459 e. The first-order valence-corrected chi connectivity index (χ1v) is 35.5. The van der Waals surface area contributed by atoms with Crippen LogP contribution in [0.2, 0.25) is 0 Å². The molecular weight excluding hydrogens is 1720 g/mol. The lowest BCUT2D eigenvalue weighted by Gasteiger charge is -2.13. The number of esters is 1. The fraction of sp³-hybridized carbons (Fsp3) is 0.397. The summed E-state index contributed by atoms with van der Waals surface area (Å²) >= 11 is 13.1. The summed E-state index contributed by atoms with van der Waals surface area (Å²) in [5, 5.41) is 60.1. The lowest BCUT2D eigenvalue weighted by atomic mass is 10.0. The number of hydrogen-bond acceptors (Lipinski definition) is 17. The van der Waals surface area contributed by atoms with Crippen LogP contribution in [0.25, 0.3) is 0 Å². The Morgan fingerprint density at radius 3 is 1.13 bits per heavy atom. The SMILES string of the molecule is C.C.C#CCOC.C1CCOC1.CCOC(=O)C(F)(F)F.COCC#Cc1cccc(C(O)CCN)c1.COCC#Cc1cccc(C(O)CCNC(=O)C(F)(F)F)c1.N#CCC(O)c1cccc(Br)c1.NCCC(O)c1cccc(Br)c1.O=C(NCCC(O)c1cccc(Br)c1)C(F)(F)F.O=Cc1cccc(Br)c1. The number of aliphatic hydroxyl groups is 5. The van der Waals surface area contributed by atoms with E-state index >= 15 is 0 Å². The van der Waals surface area contributed by atoms with Gasteiger partial charge in [0.1, 0.15) is 26.1 Å². The van der Waals surface area contributed by atoms with Crippen LogP contribution in [0.4, 0.5) is 39.5 Å². The molecule has 6 aromatic carbocycles. The van der Waals surface area contributed by atoms with Gasteiger partial charge in [-0.25, -0.2) is 4.79 Å². The number of nitrogens with one attached hydrogen (secondary N) is 2. The van der Waals surface area contributed by atoms with E-state index in [4.69, 9.17) is 37.4 Å². The summed E-state index contributed by atoms with van der Waals surface area (Å²) in [7, 11) is 4.69. The van der Waals surface area contributed by atoms with E-state index in [-0.39, 0.29) is 60.4 Å². The Kier molecular flexibility index (Phi) is 64.3. The topological polar surface area (TPSA) is 315 Å². The van der Waals surface area contributed by atoms with Crippen molar-refractivity contribution in [3.05, 3.63) is 208 Å². The summed E-state index contributed by atoms with van der Waals surface area (Å²) in [6, 6.07) is 45.1. The number of aliphatic hydroxyl groups excluding tert-OH is 5. The molecule has 32 heteroatoms. The van der Waals surface area contributed by atoms with Crippen molar-refractivity contribution in [2.24, 2.45) is 11.5 Å². The highest BCUT2D eigenvalue weighted by molar-refractivity contribution is 9.11. The van der Waals surface area contributed by atoms with Crippen LogP contribution in [0.1, 0.15) is 147 Å². The van der Waals surface area contributed by atoms with Gasteiger partial charge in [0.05, 0.1) is 49.6 Å². The number of nitrogens with zero attached hydrogens (tertiary/aromatic N) is 1. The summed E-state index contributed by atoms with van der Waals surface area (Å²) in [4.78, 5) is 41.0. The Morgan fingerprint density at radius 1 is 0.536 bits per heavy atom. The maximum Gasteiger partial charge on any atom is 0.490 e. The quantitative estimate of drug-likeness (QED) is 0.0140. The highest BCUT2D eigenvalue weighted by Crippen LogP contribution is 2.25. The first-order valence-electron chi connectivity index (χ1n) is 32.4. The van der Waals surface area contributed by atoms with Gasteiger partial charge >= 0.3 is 36.3 Å². The van der Waals surface area contributed by atoms with Crippen LogP contribution in [-0.2, 0) is 38.1 Å². The number of aldehydes is 1. The number of rotatable bonds is 21. The van der Waals surface area contributed by atoms with Gasteiger partial charge in [-0.2, -0.15) is 44.8 Å². The molecule has 1 saturated heterocycles. The Balaban J connectivity index is -0.000000591. The van der Waals surface area contributed by atoms with Gasteiger partial charge in [0.15, 0.2) is 0 Å². The zero-order valence-electron chi connectivity index (χ0n) is 59.3. The normalized spacial score (nSPS) is 12.1. The number of ether oxygens (including phenoxy) is 5. The Bertz CT molecular complexity index is 3720. The Labute approximate surface area is 671 Å². The molecule has 110 heavy (non-hydrogen) atoms. The second-order valence-corrected chi connectivity index (χ2v) is 25.1. The Hall–Kier alpha value is -7.58. The van der Waals surface area contributed by atoms with Crippen molar-refractivity contribution in [3.63, 3.8) is 0 Å². The van der Waals surface area contributed by atoms with Gasteiger partial charge in [0.25, 0.3) is 0 Å². The number of nitriles is 1. The molecule has 1 aliphatic heterocycles. The predicted octanol–water partition coefficient (Wildman–Crippen LogP) is 15.3. The third-order valence-corrected chi connectivity index (χ3v) is 14.7. The van der Waals surface area contributed by atoms with E-state index in [1.54, 1.807) is 91.6 Å². The van der Waals surface area contributed by atoms with Crippen LogP contribution in [-0.4, -0.2) is 155 Å². The van der Waals surface area contributed by atoms with E-state index < -0.39 is 66.8 Å². The first-order chi connectivity index (χ1) is 51.1. The van der Waals surface area contributed by atoms with Crippen molar-refractivity contribution in [2.75, 3.05) is 87.1 Å². The van der Waals surface area contributed by atoms with Gasteiger partial charge in [-0.15, -0.1) is 6.42 Å². The molecule has 11 N–H and O–H groups in total. The summed E-state index contributed by atoms with van der Waals surface area (Å²) in [6.07, 6.45) is -8.75. The summed E-state index contributed by atoms with van der Waals surface area (Å²) in [5.41, 5.74) is 16.6. The van der Waals surface area contributed by atoms with Gasteiger partial charge in [-0.05, 0) is 159 Å². The largest absolute Gasteiger partial charge is 0.490 e. The molecule has 7 rings (SSSR count). The monoisotopic (exact) mass is 1810 g/mol. The Morgan fingerprint density at radius 2 is 0.873 bits per heavy atom. The van der Waals surface area contributed by atoms with Gasteiger partial charge in [-0.1, -0.05) is 181 Å². The molecule has 0 spiro atoms. The number of hydrogen-bond donors (Lipinski definition) is 9. The number of benzene rings is 6. The van der Waals surface area contributed by atoms with E-state index in [1.807, 2.05) is 84.9 Å². The molecular formula is C78H96Br4F9N5O14. The number of terminal acetylenes is 1. The van der Waals surface area contributed by atoms with Crippen molar-refractivity contribution >= 4 is 87.8 Å². The zero-order valence-corrected chi connectivity index (χ0v) is 65.7. The van der Waals surface area contributed by atoms with Gasteiger partial charge in [-0.3, -0.25) is 14.4 Å². The fourth-order valence-electron chi connectivity index (χ4n) is 7.63. The van der Waals surface area contributed by atoms with Crippen molar-refractivity contribution in [3.8, 4) is 42.1 Å². The van der Waals surface area contributed by atoms with Crippen molar-refractivity contribution in [1.29, 1.82) is 5.26 Å². The average Bonchev–Trinajstić information content (AvgIpc) is 1.05. The van der Waals surface area contributed by atoms with Crippen molar-refractivity contribution < 1.29 is 108 Å². The summed E-state index contributed by atoms with van der Waals surface area (Å²) < 4.78 is 131. The molecule has 6 aromatic rings. The first kappa shape index (κ1) is 109. The van der Waals surface area contributed by atoms with Crippen LogP contribution in [0.5, 0.6) is 0 Å². The molecule has 0 radical (unpaired) electrons. The lowest BCUT2D eigenvalue weighted by Crippen LogP contribution is -2.37. The highest BCUT2D eigenvalue weighted by atomic mass is 79.9. The van der Waals surface area contributed by atoms with Gasteiger partial charge in [0.2, 0.25) is 0 Å².